The molecule has 0 saturated carbocycles. The molecular formula is C24H21NO5. The molecule has 2 unspecified atom stereocenters. The molecule has 1 aliphatic heterocycles. The third-order valence-corrected chi connectivity index (χ3v) is 5.41. The Morgan fingerprint density at radius 1 is 0.867 bits per heavy atom. The van der Waals surface area contributed by atoms with Crippen molar-refractivity contribution in [3.63, 3.8) is 0 Å². The number of aliphatic carboxylic acids is 1. The Bertz CT molecular complexity index is 1080. The van der Waals surface area contributed by atoms with Crippen molar-refractivity contribution in [3.8, 4) is 11.5 Å². The Morgan fingerprint density at radius 3 is 2.00 bits per heavy atom. The Labute approximate surface area is 174 Å². The topological polar surface area (TPSA) is 76.1 Å². The van der Waals surface area contributed by atoms with E-state index < -0.39 is 17.9 Å². The van der Waals surface area contributed by atoms with Crippen LogP contribution < -0.4 is 14.4 Å². The van der Waals surface area contributed by atoms with E-state index in [2.05, 4.69) is 0 Å². The summed E-state index contributed by atoms with van der Waals surface area (Å²) >= 11 is 0. The van der Waals surface area contributed by atoms with Crippen LogP contribution in [0.2, 0.25) is 0 Å². The van der Waals surface area contributed by atoms with Gasteiger partial charge in [-0.25, -0.2) is 0 Å². The maximum atomic E-state index is 13.5. The minimum atomic E-state index is -0.991. The van der Waals surface area contributed by atoms with Crippen LogP contribution in [-0.2, 0) is 4.79 Å². The molecule has 1 heterocycles. The third-order valence-electron chi connectivity index (χ3n) is 5.41. The molecule has 0 radical (unpaired) electrons. The molecule has 6 nitrogen and oxygen atoms in total. The van der Waals surface area contributed by atoms with Gasteiger partial charge in [-0.15, -0.1) is 0 Å². The first-order valence-electron chi connectivity index (χ1n) is 9.48. The van der Waals surface area contributed by atoms with Crippen molar-refractivity contribution in [3.05, 3.63) is 89.5 Å². The highest BCUT2D eigenvalue weighted by molar-refractivity contribution is 6.11. The van der Waals surface area contributed by atoms with Crippen LogP contribution in [0.25, 0.3) is 0 Å². The second kappa shape index (κ2) is 7.91. The highest BCUT2D eigenvalue weighted by atomic mass is 16.5. The molecule has 1 amide bonds. The molecule has 0 spiro atoms. The number of carboxylic acids is 1. The highest BCUT2D eigenvalue weighted by Gasteiger charge is 2.44. The molecule has 0 aromatic heterocycles. The SMILES string of the molecule is COc1ccc(C2C(C(=O)O)c3ccccc3C(=O)N2c2ccc(OC)cc2)cc1. The van der Waals surface area contributed by atoms with Gasteiger partial charge in [0.15, 0.2) is 0 Å². The van der Waals surface area contributed by atoms with E-state index in [0.717, 1.165) is 0 Å². The van der Waals surface area contributed by atoms with Gasteiger partial charge in [0.2, 0.25) is 0 Å². The monoisotopic (exact) mass is 403 g/mol. The lowest BCUT2D eigenvalue weighted by Crippen LogP contribution is -2.45. The van der Waals surface area contributed by atoms with Gasteiger partial charge in [-0.3, -0.25) is 14.5 Å². The fourth-order valence-electron chi connectivity index (χ4n) is 3.97. The maximum Gasteiger partial charge on any atom is 0.313 e. The minimum Gasteiger partial charge on any atom is -0.497 e. The number of hydrogen-bond acceptors (Lipinski definition) is 4. The zero-order valence-corrected chi connectivity index (χ0v) is 16.6. The molecule has 3 aromatic carbocycles. The van der Waals surface area contributed by atoms with Crippen LogP contribution in [0, 0.1) is 0 Å². The number of fused-ring (bicyclic) bond motifs is 1. The first-order chi connectivity index (χ1) is 14.5. The smallest absolute Gasteiger partial charge is 0.313 e. The van der Waals surface area contributed by atoms with Crippen LogP contribution in [0.3, 0.4) is 0 Å². The summed E-state index contributed by atoms with van der Waals surface area (Å²) in [4.78, 5) is 27.5. The minimum absolute atomic E-state index is 0.242. The summed E-state index contributed by atoms with van der Waals surface area (Å²) in [6.45, 7) is 0. The Morgan fingerprint density at radius 2 is 1.43 bits per heavy atom. The average Bonchev–Trinajstić information content (AvgIpc) is 2.79. The van der Waals surface area contributed by atoms with Gasteiger partial charge in [-0.1, -0.05) is 30.3 Å². The molecule has 6 heteroatoms. The van der Waals surface area contributed by atoms with Gasteiger partial charge in [-0.2, -0.15) is 0 Å². The molecule has 0 bridgehead atoms. The fraction of sp³-hybridized carbons (Fsp3) is 0.167. The van der Waals surface area contributed by atoms with Crippen molar-refractivity contribution >= 4 is 17.6 Å². The summed E-state index contributed by atoms with van der Waals surface area (Å²) in [7, 11) is 3.14. The number of carboxylic acid groups (broad SMARTS) is 1. The second-order valence-electron chi connectivity index (χ2n) is 6.99. The molecule has 0 fully saturated rings. The molecule has 0 saturated heterocycles. The molecular weight excluding hydrogens is 382 g/mol. The molecule has 0 aliphatic carbocycles. The average molecular weight is 403 g/mol. The Balaban J connectivity index is 1.93. The van der Waals surface area contributed by atoms with Crippen LogP contribution in [0.4, 0.5) is 5.69 Å². The van der Waals surface area contributed by atoms with Gasteiger partial charge in [0.1, 0.15) is 17.4 Å². The quantitative estimate of drug-likeness (QED) is 0.688. The van der Waals surface area contributed by atoms with Crippen molar-refractivity contribution < 1.29 is 24.2 Å². The van der Waals surface area contributed by atoms with E-state index in [1.807, 2.05) is 0 Å². The standard InChI is InChI=1S/C24H21NO5/c1-29-17-11-7-15(8-12-17)22-21(24(27)28)19-5-3-4-6-20(19)23(26)25(22)16-9-13-18(30-2)14-10-16/h3-14,21-22H,1-2H3,(H,27,28). The third kappa shape index (κ3) is 3.26. The van der Waals surface area contributed by atoms with Crippen molar-refractivity contribution in [2.75, 3.05) is 19.1 Å². The first kappa shape index (κ1) is 19.5. The van der Waals surface area contributed by atoms with Gasteiger partial charge in [0.05, 0.1) is 20.3 Å². The number of methoxy groups -OCH3 is 2. The van der Waals surface area contributed by atoms with Crippen molar-refractivity contribution in [1.29, 1.82) is 0 Å². The highest BCUT2D eigenvalue weighted by Crippen LogP contribution is 2.45. The summed E-state index contributed by atoms with van der Waals surface area (Å²) in [6, 6.07) is 20.4. The Hall–Kier alpha value is -3.80. The van der Waals surface area contributed by atoms with Crippen LogP contribution in [0.15, 0.2) is 72.8 Å². The number of nitrogens with zero attached hydrogens (tertiary/aromatic N) is 1. The van der Waals surface area contributed by atoms with Gasteiger partial charge < -0.3 is 14.6 Å². The zero-order valence-electron chi connectivity index (χ0n) is 16.6. The molecule has 152 valence electrons. The molecule has 1 aliphatic rings. The molecule has 2 atom stereocenters. The summed E-state index contributed by atoms with van der Waals surface area (Å²) in [5, 5.41) is 10.2. The predicted octanol–water partition coefficient (Wildman–Crippen LogP) is 4.27. The van der Waals surface area contributed by atoms with E-state index in [1.54, 1.807) is 91.9 Å². The van der Waals surface area contributed by atoms with Crippen LogP contribution >= 0.6 is 0 Å². The maximum absolute atomic E-state index is 13.5. The number of hydrogen-bond donors (Lipinski definition) is 1. The molecule has 1 N–H and O–H groups in total. The number of amides is 1. The summed E-state index contributed by atoms with van der Waals surface area (Å²) in [5.74, 6) is -0.846. The zero-order chi connectivity index (χ0) is 21.3. The van der Waals surface area contributed by atoms with E-state index >= 15 is 0 Å². The van der Waals surface area contributed by atoms with E-state index in [1.165, 1.54) is 0 Å². The fourth-order valence-corrected chi connectivity index (χ4v) is 3.97. The number of rotatable bonds is 5. The first-order valence-corrected chi connectivity index (χ1v) is 9.48. The number of carbonyl (C=O) groups is 2. The Kier molecular flexibility index (Phi) is 5.14. The van der Waals surface area contributed by atoms with Gasteiger partial charge in [0.25, 0.3) is 5.91 Å². The van der Waals surface area contributed by atoms with Crippen molar-refractivity contribution in [2.45, 2.75) is 12.0 Å². The summed E-state index contributed by atoms with van der Waals surface area (Å²) in [5.41, 5.74) is 2.22. The summed E-state index contributed by atoms with van der Waals surface area (Å²) < 4.78 is 10.5. The normalized spacial score (nSPS) is 17.9. The predicted molar refractivity (Wildman–Crippen MR) is 112 cm³/mol. The molecule has 30 heavy (non-hydrogen) atoms. The van der Waals surface area contributed by atoms with Gasteiger partial charge in [0, 0.05) is 11.3 Å². The van der Waals surface area contributed by atoms with Crippen molar-refractivity contribution in [2.24, 2.45) is 0 Å². The van der Waals surface area contributed by atoms with Crippen molar-refractivity contribution in [1.82, 2.24) is 0 Å². The number of carbonyl (C=O) groups excluding carboxylic acids is 1. The molecule has 4 rings (SSSR count). The lowest BCUT2D eigenvalue weighted by Gasteiger charge is -2.40. The second-order valence-corrected chi connectivity index (χ2v) is 6.99. The van der Waals surface area contributed by atoms with E-state index in [4.69, 9.17) is 9.47 Å². The molecule has 3 aromatic rings. The van der Waals surface area contributed by atoms with Gasteiger partial charge in [-0.05, 0) is 53.6 Å². The van der Waals surface area contributed by atoms with E-state index in [0.29, 0.717) is 33.9 Å². The van der Waals surface area contributed by atoms with Crippen LogP contribution in [0.1, 0.15) is 33.4 Å². The summed E-state index contributed by atoms with van der Waals surface area (Å²) in [6.07, 6.45) is 0. The largest absolute Gasteiger partial charge is 0.497 e. The lowest BCUT2D eigenvalue weighted by atomic mass is 9.79. The number of anilines is 1. The van der Waals surface area contributed by atoms with Crippen LogP contribution in [-0.4, -0.2) is 31.2 Å². The lowest BCUT2D eigenvalue weighted by molar-refractivity contribution is -0.139. The van der Waals surface area contributed by atoms with Crippen LogP contribution in [0.5, 0.6) is 11.5 Å². The number of ether oxygens (including phenoxy) is 2. The number of benzene rings is 3. The van der Waals surface area contributed by atoms with E-state index in [9.17, 15) is 14.7 Å². The van der Waals surface area contributed by atoms with Gasteiger partial charge >= 0.3 is 5.97 Å². The van der Waals surface area contributed by atoms with E-state index in [-0.39, 0.29) is 5.91 Å².